The van der Waals surface area contributed by atoms with Crippen molar-refractivity contribution in [2.75, 3.05) is 0 Å². The van der Waals surface area contributed by atoms with Gasteiger partial charge in [-0.3, -0.25) is 14.6 Å². The molecule has 2 aliphatic rings. The molecule has 2 aromatic carbocycles. The maximum absolute atomic E-state index is 13.0. The second-order valence-electron chi connectivity index (χ2n) is 9.00. The Morgan fingerprint density at radius 1 is 1.03 bits per heavy atom. The maximum Gasteiger partial charge on any atom is 0.168 e. The highest BCUT2D eigenvalue weighted by Gasteiger charge is 2.33. The number of Topliss-reactive ketones (excluding diaryl/α,β-unsaturated/α-hetero) is 2. The number of rotatable bonds is 5. The van der Waals surface area contributed by atoms with Crippen molar-refractivity contribution in [1.29, 1.82) is 0 Å². The van der Waals surface area contributed by atoms with E-state index in [0.29, 0.717) is 66.8 Å². The first-order valence-electron chi connectivity index (χ1n) is 11.8. The number of benzene rings is 2. The third-order valence-corrected chi connectivity index (χ3v) is 7.14. The standard InChI is InChI=1S/C28H25BrN2O4/c29-19-9-11-20(12-10-19)30-21-7-4-8-23(32)27(21)24(33)14-13-22-28-25(34)15-18(16-26(28)35-31-22)17-5-2-1-3-6-17/h1-3,5-6,9-12,18,33H,4,7-8,13-16H2/b27-24+,30-21?. The van der Waals surface area contributed by atoms with Crippen LogP contribution in [0.15, 0.2) is 79.9 Å². The van der Waals surface area contributed by atoms with Gasteiger partial charge in [-0.05, 0) is 48.6 Å². The molecule has 1 heterocycles. The Balaban J connectivity index is 1.36. The molecular weight excluding hydrogens is 508 g/mol. The molecular formula is C28H25BrN2O4. The number of nitrogens with zero attached hydrogens (tertiary/aromatic N) is 2. The molecule has 1 fully saturated rings. The van der Waals surface area contributed by atoms with Crippen LogP contribution >= 0.6 is 15.9 Å². The number of carbonyl (C=O) groups is 2. The molecule has 0 amide bonds. The molecule has 35 heavy (non-hydrogen) atoms. The van der Waals surface area contributed by atoms with Crippen LogP contribution in [0, 0.1) is 0 Å². The van der Waals surface area contributed by atoms with Gasteiger partial charge in [0.15, 0.2) is 11.6 Å². The summed E-state index contributed by atoms with van der Waals surface area (Å²) >= 11 is 3.41. The van der Waals surface area contributed by atoms with E-state index in [1.165, 1.54) is 0 Å². The zero-order valence-electron chi connectivity index (χ0n) is 19.2. The van der Waals surface area contributed by atoms with Crippen LogP contribution < -0.4 is 0 Å². The lowest BCUT2D eigenvalue weighted by Crippen LogP contribution is -2.21. The van der Waals surface area contributed by atoms with Gasteiger partial charge in [-0.1, -0.05) is 51.4 Å². The summed E-state index contributed by atoms with van der Waals surface area (Å²) in [5.74, 6) is 0.573. The van der Waals surface area contributed by atoms with E-state index in [0.717, 1.165) is 15.7 Å². The van der Waals surface area contributed by atoms with Gasteiger partial charge < -0.3 is 9.63 Å². The normalized spacial score (nSPS) is 20.7. The number of ketones is 2. The smallest absolute Gasteiger partial charge is 0.168 e. The van der Waals surface area contributed by atoms with Gasteiger partial charge in [0.2, 0.25) is 0 Å². The van der Waals surface area contributed by atoms with E-state index in [2.05, 4.69) is 26.1 Å². The van der Waals surface area contributed by atoms with Crippen LogP contribution in [0.25, 0.3) is 0 Å². The van der Waals surface area contributed by atoms with Crippen LogP contribution in [0.1, 0.15) is 65.4 Å². The number of aromatic nitrogens is 1. The van der Waals surface area contributed by atoms with E-state index in [9.17, 15) is 14.7 Å². The summed E-state index contributed by atoms with van der Waals surface area (Å²) in [5.41, 5.74) is 3.82. The lowest BCUT2D eigenvalue weighted by atomic mass is 9.81. The van der Waals surface area contributed by atoms with Crippen molar-refractivity contribution < 1.29 is 19.2 Å². The minimum atomic E-state index is -0.103. The zero-order valence-corrected chi connectivity index (χ0v) is 20.8. The monoisotopic (exact) mass is 532 g/mol. The number of carbonyl (C=O) groups excluding carboxylic acids is 2. The number of aliphatic hydroxyl groups is 1. The third-order valence-electron chi connectivity index (χ3n) is 6.61. The van der Waals surface area contributed by atoms with E-state index in [4.69, 9.17) is 4.52 Å². The van der Waals surface area contributed by atoms with Gasteiger partial charge >= 0.3 is 0 Å². The lowest BCUT2D eigenvalue weighted by molar-refractivity contribution is -0.115. The van der Waals surface area contributed by atoms with Gasteiger partial charge in [-0.25, -0.2) is 0 Å². The summed E-state index contributed by atoms with van der Waals surface area (Å²) in [6.07, 6.45) is 3.24. The minimum absolute atomic E-state index is 0.00673. The van der Waals surface area contributed by atoms with Crippen molar-refractivity contribution in [2.24, 2.45) is 4.99 Å². The molecule has 2 aliphatic carbocycles. The largest absolute Gasteiger partial charge is 0.511 e. The Kier molecular flexibility index (Phi) is 6.77. The van der Waals surface area contributed by atoms with Gasteiger partial charge in [0.25, 0.3) is 0 Å². The van der Waals surface area contributed by atoms with Crippen LogP contribution in [-0.2, 0) is 17.6 Å². The van der Waals surface area contributed by atoms with Crippen molar-refractivity contribution >= 4 is 38.9 Å². The lowest BCUT2D eigenvalue weighted by Gasteiger charge is -2.20. The molecule has 1 aromatic heterocycles. The highest BCUT2D eigenvalue weighted by molar-refractivity contribution is 9.10. The van der Waals surface area contributed by atoms with E-state index >= 15 is 0 Å². The number of aryl methyl sites for hydroxylation is 1. The summed E-state index contributed by atoms with van der Waals surface area (Å²) in [5, 5.41) is 15.1. The van der Waals surface area contributed by atoms with Gasteiger partial charge in [0.1, 0.15) is 11.5 Å². The molecule has 6 nitrogen and oxygen atoms in total. The summed E-state index contributed by atoms with van der Waals surface area (Å²) in [7, 11) is 0. The molecule has 1 saturated carbocycles. The molecule has 5 rings (SSSR count). The number of aliphatic hydroxyl groups excluding tert-OH is 1. The molecule has 1 N–H and O–H groups in total. The number of aliphatic imine (C=N–C) groups is 1. The van der Waals surface area contributed by atoms with Crippen molar-refractivity contribution in [3.05, 3.63) is 93.0 Å². The second kappa shape index (κ2) is 10.1. The van der Waals surface area contributed by atoms with Crippen molar-refractivity contribution in [3.63, 3.8) is 0 Å². The first-order chi connectivity index (χ1) is 17.0. The Hall–Kier alpha value is -3.32. The second-order valence-corrected chi connectivity index (χ2v) is 9.92. The molecule has 7 heteroatoms. The maximum atomic E-state index is 13.0. The number of allylic oxidation sites excluding steroid dienone is 2. The quantitative estimate of drug-likeness (QED) is 0.294. The summed E-state index contributed by atoms with van der Waals surface area (Å²) in [4.78, 5) is 30.3. The zero-order chi connectivity index (χ0) is 24.4. The summed E-state index contributed by atoms with van der Waals surface area (Å²) in [6, 6.07) is 17.5. The Morgan fingerprint density at radius 3 is 2.57 bits per heavy atom. The molecule has 0 radical (unpaired) electrons. The topological polar surface area (TPSA) is 92.8 Å². The number of hydrogen-bond donors (Lipinski definition) is 1. The van der Waals surface area contributed by atoms with Crippen LogP contribution in [0.3, 0.4) is 0 Å². The molecule has 178 valence electrons. The van der Waals surface area contributed by atoms with Crippen molar-refractivity contribution in [3.8, 4) is 0 Å². The molecule has 0 spiro atoms. The highest BCUT2D eigenvalue weighted by Crippen LogP contribution is 2.35. The Labute approximate surface area is 211 Å². The predicted octanol–water partition coefficient (Wildman–Crippen LogP) is 6.62. The Bertz CT molecular complexity index is 1320. The SMILES string of the molecule is O=C1CCCC(=Nc2ccc(Br)cc2)/C1=C(\O)CCc1noc2c1C(=O)CC(c1ccccc1)C2. The fourth-order valence-corrected chi connectivity index (χ4v) is 5.14. The van der Waals surface area contributed by atoms with Crippen molar-refractivity contribution in [2.45, 2.75) is 50.9 Å². The number of fused-ring (bicyclic) bond motifs is 1. The van der Waals surface area contributed by atoms with E-state index in [1.807, 2.05) is 54.6 Å². The van der Waals surface area contributed by atoms with E-state index < -0.39 is 0 Å². The van der Waals surface area contributed by atoms with Crippen molar-refractivity contribution in [1.82, 2.24) is 5.16 Å². The summed E-state index contributed by atoms with van der Waals surface area (Å²) in [6.45, 7) is 0. The van der Waals surface area contributed by atoms with Crippen LogP contribution in [-0.4, -0.2) is 27.5 Å². The molecule has 1 atom stereocenters. The third kappa shape index (κ3) is 5.05. The van der Waals surface area contributed by atoms with E-state index in [-0.39, 0.29) is 29.7 Å². The highest BCUT2D eigenvalue weighted by atomic mass is 79.9. The molecule has 0 bridgehead atoms. The number of halogens is 1. The fraction of sp³-hybridized carbons (Fsp3) is 0.286. The molecule has 0 aliphatic heterocycles. The van der Waals surface area contributed by atoms with Gasteiger partial charge in [0, 0.05) is 36.6 Å². The minimum Gasteiger partial charge on any atom is -0.511 e. The average Bonchev–Trinajstić information content (AvgIpc) is 3.28. The van der Waals surface area contributed by atoms with Gasteiger partial charge in [0.05, 0.1) is 28.2 Å². The van der Waals surface area contributed by atoms with Crippen LogP contribution in [0.2, 0.25) is 0 Å². The molecule has 3 aromatic rings. The van der Waals surface area contributed by atoms with E-state index in [1.54, 1.807) is 0 Å². The summed E-state index contributed by atoms with van der Waals surface area (Å²) < 4.78 is 6.50. The first kappa shape index (κ1) is 23.4. The van der Waals surface area contributed by atoms with Gasteiger partial charge in [-0.15, -0.1) is 0 Å². The fourth-order valence-electron chi connectivity index (χ4n) is 4.87. The average molecular weight is 533 g/mol. The first-order valence-corrected chi connectivity index (χ1v) is 12.6. The number of hydrogen-bond acceptors (Lipinski definition) is 6. The molecule has 1 unspecified atom stereocenters. The Morgan fingerprint density at radius 2 is 1.80 bits per heavy atom. The van der Waals surface area contributed by atoms with Gasteiger partial charge in [-0.2, -0.15) is 0 Å². The van der Waals surface area contributed by atoms with Crippen LogP contribution in [0.4, 0.5) is 5.69 Å². The van der Waals surface area contributed by atoms with Crippen LogP contribution in [0.5, 0.6) is 0 Å². The predicted molar refractivity (Wildman–Crippen MR) is 136 cm³/mol. The molecule has 0 saturated heterocycles.